The molecular formula is C14H11Cl2N3O2. The van der Waals surface area contributed by atoms with Crippen LogP contribution in [0.1, 0.15) is 15.9 Å². The number of amides is 2. The first-order chi connectivity index (χ1) is 10.0. The highest BCUT2D eigenvalue weighted by atomic mass is 35.5. The predicted molar refractivity (Wildman–Crippen MR) is 80.0 cm³/mol. The van der Waals surface area contributed by atoms with E-state index in [0.29, 0.717) is 10.6 Å². The maximum absolute atomic E-state index is 11.8. The smallest absolute Gasteiger partial charge is 0.269 e. The Morgan fingerprint density at radius 1 is 1.05 bits per heavy atom. The van der Waals surface area contributed by atoms with E-state index >= 15 is 0 Å². The molecule has 2 rings (SSSR count). The number of pyridine rings is 1. The molecule has 0 bridgehead atoms. The van der Waals surface area contributed by atoms with Crippen molar-refractivity contribution in [3.8, 4) is 0 Å². The lowest BCUT2D eigenvalue weighted by Gasteiger charge is -2.07. The molecule has 0 aliphatic rings. The fraction of sp³-hybridized carbons (Fsp3) is 0.0714. The van der Waals surface area contributed by atoms with Crippen LogP contribution in [0.15, 0.2) is 42.6 Å². The van der Waals surface area contributed by atoms with Crippen molar-refractivity contribution in [1.82, 2.24) is 15.8 Å². The van der Waals surface area contributed by atoms with Crippen molar-refractivity contribution in [1.29, 1.82) is 0 Å². The number of hydrogen-bond acceptors (Lipinski definition) is 3. The highest BCUT2D eigenvalue weighted by Crippen LogP contribution is 2.10. The summed E-state index contributed by atoms with van der Waals surface area (Å²) in [4.78, 5) is 27.2. The van der Waals surface area contributed by atoms with E-state index in [9.17, 15) is 9.59 Å². The quantitative estimate of drug-likeness (QED) is 0.673. The van der Waals surface area contributed by atoms with Crippen LogP contribution in [-0.2, 0) is 11.2 Å². The zero-order chi connectivity index (χ0) is 15.2. The van der Waals surface area contributed by atoms with E-state index < -0.39 is 5.91 Å². The summed E-state index contributed by atoms with van der Waals surface area (Å²) in [5.41, 5.74) is 5.73. The summed E-state index contributed by atoms with van der Waals surface area (Å²) in [6.45, 7) is 0. The summed E-state index contributed by atoms with van der Waals surface area (Å²) < 4.78 is 0. The molecule has 2 N–H and O–H groups in total. The Morgan fingerprint density at radius 3 is 2.43 bits per heavy atom. The fourth-order valence-corrected chi connectivity index (χ4v) is 1.87. The Balaban J connectivity index is 1.86. The molecule has 0 spiro atoms. The van der Waals surface area contributed by atoms with E-state index in [2.05, 4.69) is 15.8 Å². The van der Waals surface area contributed by atoms with Crippen LogP contribution in [0.4, 0.5) is 0 Å². The molecule has 5 nitrogen and oxygen atoms in total. The first-order valence-electron chi connectivity index (χ1n) is 6.00. The molecule has 0 aliphatic carbocycles. The summed E-state index contributed by atoms with van der Waals surface area (Å²) >= 11 is 11.4. The number of rotatable bonds is 3. The monoisotopic (exact) mass is 323 g/mol. The minimum Gasteiger partial charge on any atom is -0.273 e. The Bertz CT molecular complexity index is 660. The topological polar surface area (TPSA) is 71.1 Å². The minimum absolute atomic E-state index is 0.133. The van der Waals surface area contributed by atoms with Crippen LogP contribution in [0.5, 0.6) is 0 Å². The number of aromatic nitrogens is 1. The SMILES string of the molecule is O=C(Cc1ccc(Cl)cc1)NNC(=O)c1ccnc(Cl)c1. The Hall–Kier alpha value is -2.11. The van der Waals surface area contributed by atoms with Crippen LogP contribution < -0.4 is 10.9 Å². The lowest BCUT2D eigenvalue weighted by Crippen LogP contribution is -2.42. The van der Waals surface area contributed by atoms with Crippen LogP contribution in [0.25, 0.3) is 0 Å². The van der Waals surface area contributed by atoms with E-state index in [1.165, 1.54) is 18.3 Å². The van der Waals surface area contributed by atoms with E-state index in [1.807, 2.05) is 0 Å². The second-order valence-electron chi connectivity index (χ2n) is 4.17. The van der Waals surface area contributed by atoms with Gasteiger partial charge in [0.2, 0.25) is 5.91 Å². The third kappa shape index (κ3) is 4.73. The van der Waals surface area contributed by atoms with Crippen molar-refractivity contribution in [3.05, 3.63) is 63.9 Å². The van der Waals surface area contributed by atoms with Gasteiger partial charge in [-0.05, 0) is 29.8 Å². The van der Waals surface area contributed by atoms with Crippen molar-refractivity contribution in [3.63, 3.8) is 0 Å². The first-order valence-corrected chi connectivity index (χ1v) is 6.75. The third-order valence-electron chi connectivity index (χ3n) is 2.58. The summed E-state index contributed by atoms with van der Waals surface area (Å²) in [5, 5.41) is 0.803. The van der Waals surface area contributed by atoms with Gasteiger partial charge < -0.3 is 0 Å². The van der Waals surface area contributed by atoms with Gasteiger partial charge in [-0.15, -0.1) is 0 Å². The second-order valence-corrected chi connectivity index (χ2v) is 5.00. The second kappa shape index (κ2) is 7.06. The summed E-state index contributed by atoms with van der Waals surface area (Å²) in [7, 11) is 0. The van der Waals surface area contributed by atoms with Gasteiger partial charge in [0.05, 0.1) is 6.42 Å². The van der Waals surface area contributed by atoms with Gasteiger partial charge in [-0.25, -0.2) is 4.98 Å². The number of hydrogen-bond donors (Lipinski definition) is 2. The Kier molecular flexibility index (Phi) is 5.14. The molecule has 2 amide bonds. The molecule has 0 saturated heterocycles. The van der Waals surface area contributed by atoms with Gasteiger partial charge in [0, 0.05) is 16.8 Å². The van der Waals surface area contributed by atoms with Crippen LogP contribution >= 0.6 is 23.2 Å². The van der Waals surface area contributed by atoms with E-state index in [0.717, 1.165) is 5.56 Å². The Morgan fingerprint density at radius 2 is 1.76 bits per heavy atom. The molecule has 108 valence electrons. The number of carbonyl (C=O) groups is 2. The van der Waals surface area contributed by atoms with Crippen molar-refractivity contribution < 1.29 is 9.59 Å². The molecular weight excluding hydrogens is 313 g/mol. The molecule has 1 aromatic heterocycles. The molecule has 7 heteroatoms. The standard InChI is InChI=1S/C14H11Cl2N3O2/c15-11-3-1-9(2-4-11)7-13(20)18-19-14(21)10-5-6-17-12(16)8-10/h1-6,8H,7H2,(H,18,20)(H,19,21). The average molecular weight is 324 g/mol. The fourth-order valence-electron chi connectivity index (χ4n) is 1.57. The maximum Gasteiger partial charge on any atom is 0.269 e. The third-order valence-corrected chi connectivity index (χ3v) is 3.04. The molecule has 0 atom stereocenters. The number of benzene rings is 1. The molecule has 0 aliphatic heterocycles. The van der Waals surface area contributed by atoms with E-state index in [1.54, 1.807) is 24.3 Å². The molecule has 0 saturated carbocycles. The van der Waals surface area contributed by atoms with Crippen LogP contribution in [0.3, 0.4) is 0 Å². The van der Waals surface area contributed by atoms with Gasteiger partial charge >= 0.3 is 0 Å². The predicted octanol–water partition coefficient (Wildman–Crippen LogP) is 2.39. The minimum atomic E-state index is -0.469. The number of carbonyl (C=O) groups excluding carboxylic acids is 2. The maximum atomic E-state index is 11.8. The highest BCUT2D eigenvalue weighted by Gasteiger charge is 2.08. The Labute approximate surface area is 131 Å². The normalized spacial score (nSPS) is 10.0. The van der Waals surface area contributed by atoms with Gasteiger partial charge in [0.1, 0.15) is 5.15 Å². The van der Waals surface area contributed by atoms with Crippen molar-refractivity contribution >= 4 is 35.0 Å². The number of nitrogens with zero attached hydrogens (tertiary/aromatic N) is 1. The largest absolute Gasteiger partial charge is 0.273 e. The van der Waals surface area contributed by atoms with Crippen molar-refractivity contribution in [2.75, 3.05) is 0 Å². The highest BCUT2D eigenvalue weighted by molar-refractivity contribution is 6.30. The van der Waals surface area contributed by atoms with Crippen LogP contribution in [0.2, 0.25) is 10.2 Å². The number of hydrazine groups is 1. The summed E-state index contributed by atoms with van der Waals surface area (Å²) in [6, 6.07) is 9.77. The summed E-state index contributed by atoms with van der Waals surface area (Å²) in [6.07, 6.45) is 1.54. The molecule has 0 fully saturated rings. The van der Waals surface area contributed by atoms with E-state index in [4.69, 9.17) is 23.2 Å². The lowest BCUT2D eigenvalue weighted by molar-refractivity contribution is -0.121. The van der Waals surface area contributed by atoms with E-state index in [-0.39, 0.29) is 17.5 Å². The van der Waals surface area contributed by atoms with Gasteiger partial charge in [-0.2, -0.15) is 0 Å². The molecule has 0 unspecified atom stereocenters. The van der Waals surface area contributed by atoms with Gasteiger partial charge in [-0.3, -0.25) is 20.4 Å². The molecule has 1 heterocycles. The molecule has 2 aromatic rings. The first kappa shape index (κ1) is 15.3. The average Bonchev–Trinajstić information content (AvgIpc) is 2.47. The van der Waals surface area contributed by atoms with Gasteiger partial charge in [-0.1, -0.05) is 35.3 Å². The lowest BCUT2D eigenvalue weighted by atomic mass is 10.1. The molecule has 0 radical (unpaired) electrons. The number of halogens is 2. The zero-order valence-electron chi connectivity index (χ0n) is 10.8. The summed E-state index contributed by atoms with van der Waals surface area (Å²) in [5.74, 6) is -0.811. The van der Waals surface area contributed by atoms with Gasteiger partial charge in [0.15, 0.2) is 0 Å². The van der Waals surface area contributed by atoms with Crippen molar-refractivity contribution in [2.45, 2.75) is 6.42 Å². The number of nitrogens with one attached hydrogen (secondary N) is 2. The molecule has 21 heavy (non-hydrogen) atoms. The van der Waals surface area contributed by atoms with Gasteiger partial charge in [0.25, 0.3) is 5.91 Å². The van der Waals surface area contributed by atoms with Crippen LogP contribution in [-0.4, -0.2) is 16.8 Å². The van der Waals surface area contributed by atoms with Crippen molar-refractivity contribution in [2.24, 2.45) is 0 Å². The van der Waals surface area contributed by atoms with Crippen LogP contribution in [0, 0.1) is 0 Å². The molecule has 1 aromatic carbocycles. The zero-order valence-corrected chi connectivity index (χ0v) is 12.3.